The van der Waals surface area contributed by atoms with Crippen molar-refractivity contribution in [3.8, 4) is 0 Å². The van der Waals surface area contributed by atoms with Gasteiger partial charge in [0.15, 0.2) is 0 Å². The SMILES string of the molecule is CB(O)CCCC1C2CN(C(=O)CN(C)C)CC2CC1(N)C(=O)O. The summed E-state index contributed by atoms with van der Waals surface area (Å²) in [6.07, 6.45) is 2.51. The van der Waals surface area contributed by atoms with E-state index in [4.69, 9.17) is 5.73 Å². The molecule has 0 aromatic heterocycles. The minimum atomic E-state index is -1.20. The lowest BCUT2D eigenvalue weighted by molar-refractivity contribution is -0.145. The van der Waals surface area contributed by atoms with E-state index in [1.165, 1.54) is 0 Å². The molecule has 2 aliphatic rings. The molecule has 1 saturated heterocycles. The number of aliphatic carboxylic acids is 1. The third-order valence-electron chi connectivity index (χ3n) is 5.61. The lowest BCUT2D eigenvalue weighted by Gasteiger charge is -2.31. The topological polar surface area (TPSA) is 107 Å². The van der Waals surface area contributed by atoms with Crippen LogP contribution in [0, 0.1) is 17.8 Å². The van der Waals surface area contributed by atoms with Gasteiger partial charge in [-0.3, -0.25) is 9.59 Å². The molecule has 1 aliphatic heterocycles. The first kappa shape index (κ1) is 19.2. The van der Waals surface area contributed by atoms with Gasteiger partial charge in [0.05, 0.1) is 6.54 Å². The molecule has 0 radical (unpaired) electrons. The van der Waals surface area contributed by atoms with Crippen molar-refractivity contribution in [3.63, 3.8) is 0 Å². The molecule has 2 fully saturated rings. The minimum Gasteiger partial charge on any atom is -0.480 e. The molecule has 136 valence electrons. The molecule has 1 heterocycles. The summed E-state index contributed by atoms with van der Waals surface area (Å²) < 4.78 is 0. The van der Waals surface area contributed by atoms with E-state index in [-0.39, 0.29) is 30.6 Å². The Morgan fingerprint density at radius 1 is 1.38 bits per heavy atom. The van der Waals surface area contributed by atoms with Crippen molar-refractivity contribution >= 4 is 18.8 Å². The summed E-state index contributed by atoms with van der Waals surface area (Å²) in [5.41, 5.74) is 5.08. The summed E-state index contributed by atoms with van der Waals surface area (Å²) in [7, 11) is 3.73. The highest BCUT2D eigenvalue weighted by atomic mass is 16.4. The summed E-state index contributed by atoms with van der Waals surface area (Å²) in [4.78, 5) is 27.8. The Morgan fingerprint density at radius 3 is 2.58 bits per heavy atom. The Balaban J connectivity index is 2.07. The first-order valence-corrected chi connectivity index (χ1v) is 8.78. The van der Waals surface area contributed by atoms with Crippen molar-refractivity contribution in [3.05, 3.63) is 0 Å². The Hall–Kier alpha value is -1.12. The molecule has 0 spiro atoms. The summed E-state index contributed by atoms with van der Waals surface area (Å²) in [5.74, 6) is -0.684. The van der Waals surface area contributed by atoms with Crippen LogP contribution in [0.1, 0.15) is 19.3 Å². The number of likely N-dealkylation sites (tertiary alicyclic amines) is 1. The smallest absolute Gasteiger partial charge is 0.323 e. The molecule has 7 nitrogen and oxygen atoms in total. The number of hydrogen-bond acceptors (Lipinski definition) is 5. The van der Waals surface area contributed by atoms with Gasteiger partial charge in [-0.25, -0.2) is 0 Å². The molecule has 1 saturated carbocycles. The van der Waals surface area contributed by atoms with Gasteiger partial charge in [0.1, 0.15) is 5.54 Å². The number of carboxylic acid groups (broad SMARTS) is 1. The van der Waals surface area contributed by atoms with Gasteiger partial charge in [0, 0.05) is 13.1 Å². The molecule has 8 heteroatoms. The fraction of sp³-hybridized carbons (Fsp3) is 0.875. The van der Waals surface area contributed by atoms with Crippen LogP contribution in [0.2, 0.25) is 13.1 Å². The highest BCUT2D eigenvalue weighted by molar-refractivity contribution is 6.48. The van der Waals surface area contributed by atoms with Gasteiger partial charge in [-0.05, 0) is 51.0 Å². The van der Waals surface area contributed by atoms with Crippen molar-refractivity contribution in [2.45, 2.75) is 37.9 Å². The lowest BCUT2D eigenvalue weighted by atomic mass is 9.65. The fourth-order valence-corrected chi connectivity index (χ4v) is 4.46. The molecular weight excluding hydrogens is 309 g/mol. The zero-order valence-corrected chi connectivity index (χ0v) is 14.9. The van der Waals surface area contributed by atoms with Crippen LogP contribution in [0.15, 0.2) is 0 Å². The second-order valence-corrected chi connectivity index (χ2v) is 7.90. The molecule has 0 aromatic rings. The lowest BCUT2D eigenvalue weighted by Crippen LogP contribution is -2.53. The molecule has 4 atom stereocenters. The number of hydrogen-bond donors (Lipinski definition) is 3. The van der Waals surface area contributed by atoms with Crippen molar-refractivity contribution < 1.29 is 19.7 Å². The minimum absolute atomic E-state index is 0.0927. The summed E-state index contributed by atoms with van der Waals surface area (Å²) in [5, 5.41) is 19.1. The zero-order chi connectivity index (χ0) is 18.1. The molecule has 1 amide bonds. The average Bonchev–Trinajstić information content (AvgIpc) is 2.95. The van der Waals surface area contributed by atoms with E-state index in [1.807, 2.05) is 23.9 Å². The standard InChI is InChI=1S/C16H30BN3O4/c1-17(24)6-4-5-13-12-9-20(14(21)10-19(2)3)8-11(12)7-16(13,18)15(22)23/h11-13,24H,4-10,18H2,1-3H3,(H,22,23). The van der Waals surface area contributed by atoms with Crippen molar-refractivity contribution in [2.24, 2.45) is 23.5 Å². The van der Waals surface area contributed by atoms with Crippen LogP contribution in [0.5, 0.6) is 0 Å². The van der Waals surface area contributed by atoms with Crippen LogP contribution in [-0.2, 0) is 9.59 Å². The van der Waals surface area contributed by atoms with E-state index < -0.39 is 11.5 Å². The Bertz CT molecular complexity index is 488. The van der Waals surface area contributed by atoms with E-state index in [0.717, 1.165) is 6.42 Å². The van der Waals surface area contributed by atoms with E-state index >= 15 is 0 Å². The van der Waals surface area contributed by atoms with Gasteiger partial charge < -0.3 is 25.7 Å². The molecule has 0 bridgehead atoms. The van der Waals surface area contributed by atoms with E-state index in [1.54, 1.807) is 6.82 Å². The second kappa shape index (κ2) is 7.41. The van der Waals surface area contributed by atoms with Crippen LogP contribution in [0.3, 0.4) is 0 Å². The number of carboxylic acids is 1. The van der Waals surface area contributed by atoms with Gasteiger partial charge in [-0.2, -0.15) is 0 Å². The number of rotatable bonds is 7. The Kier molecular flexibility index (Phi) is 5.93. The summed E-state index contributed by atoms with van der Waals surface area (Å²) >= 11 is 0. The number of nitrogens with zero attached hydrogens (tertiary/aromatic N) is 2. The molecular formula is C16H30BN3O4. The molecule has 0 aromatic carbocycles. The number of fused-ring (bicyclic) bond motifs is 1. The summed E-state index contributed by atoms with van der Waals surface area (Å²) in [6, 6.07) is 0. The quantitative estimate of drug-likeness (QED) is 0.556. The number of amides is 1. The maximum Gasteiger partial charge on any atom is 0.323 e. The van der Waals surface area contributed by atoms with Gasteiger partial charge in [0.25, 0.3) is 6.92 Å². The monoisotopic (exact) mass is 339 g/mol. The predicted octanol–water partition coefficient (Wildman–Crippen LogP) is -0.182. The van der Waals surface area contributed by atoms with Gasteiger partial charge in [-0.15, -0.1) is 0 Å². The highest BCUT2D eigenvalue weighted by Crippen LogP contribution is 2.49. The van der Waals surface area contributed by atoms with Crippen LogP contribution in [0.4, 0.5) is 0 Å². The number of nitrogens with two attached hydrogens (primary N) is 1. The number of carbonyl (C=O) groups excluding carboxylic acids is 1. The van der Waals surface area contributed by atoms with Crippen LogP contribution in [0.25, 0.3) is 0 Å². The third kappa shape index (κ3) is 3.92. The van der Waals surface area contributed by atoms with E-state index in [0.29, 0.717) is 38.8 Å². The van der Waals surface area contributed by atoms with Gasteiger partial charge in [0.2, 0.25) is 5.91 Å². The molecule has 1 aliphatic carbocycles. The van der Waals surface area contributed by atoms with Crippen molar-refractivity contribution in [1.82, 2.24) is 9.80 Å². The molecule has 4 N–H and O–H groups in total. The third-order valence-corrected chi connectivity index (χ3v) is 5.61. The Labute approximate surface area is 144 Å². The maximum absolute atomic E-state index is 12.3. The Morgan fingerprint density at radius 2 is 2.04 bits per heavy atom. The first-order chi connectivity index (χ1) is 11.1. The molecule has 24 heavy (non-hydrogen) atoms. The summed E-state index contributed by atoms with van der Waals surface area (Å²) in [6.45, 7) is 2.93. The number of likely N-dealkylation sites (N-methyl/N-ethyl adjacent to an activating group) is 1. The van der Waals surface area contributed by atoms with Crippen molar-refractivity contribution in [1.29, 1.82) is 0 Å². The highest BCUT2D eigenvalue weighted by Gasteiger charge is 2.58. The predicted molar refractivity (Wildman–Crippen MR) is 92.7 cm³/mol. The number of carbonyl (C=O) groups is 2. The fourth-order valence-electron chi connectivity index (χ4n) is 4.46. The molecule has 4 unspecified atom stereocenters. The zero-order valence-electron chi connectivity index (χ0n) is 14.9. The van der Waals surface area contributed by atoms with Gasteiger partial charge >= 0.3 is 5.97 Å². The van der Waals surface area contributed by atoms with Gasteiger partial charge in [-0.1, -0.05) is 13.2 Å². The van der Waals surface area contributed by atoms with Crippen LogP contribution < -0.4 is 5.73 Å². The van der Waals surface area contributed by atoms with Crippen LogP contribution in [-0.4, -0.2) is 78.0 Å². The van der Waals surface area contributed by atoms with Crippen LogP contribution >= 0.6 is 0 Å². The normalized spacial score (nSPS) is 32.2. The largest absolute Gasteiger partial charge is 0.480 e. The second-order valence-electron chi connectivity index (χ2n) is 7.90. The molecule has 2 rings (SSSR count). The van der Waals surface area contributed by atoms with E-state index in [2.05, 4.69) is 0 Å². The average molecular weight is 339 g/mol. The maximum atomic E-state index is 12.3. The first-order valence-electron chi connectivity index (χ1n) is 8.78. The van der Waals surface area contributed by atoms with Crippen molar-refractivity contribution in [2.75, 3.05) is 33.7 Å². The van der Waals surface area contributed by atoms with E-state index in [9.17, 15) is 19.7 Å².